The number of rotatable bonds is 3. The van der Waals surface area contributed by atoms with Gasteiger partial charge >= 0.3 is 0 Å². The number of aryl methyl sites for hydroxylation is 2. The van der Waals surface area contributed by atoms with E-state index in [9.17, 15) is 0 Å². The zero-order chi connectivity index (χ0) is 34.6. The molecule has 0 aliphatic heterocycles. The highest BCUT2D eigenvalue weighted by molar-refractivity contribution is 6.20. The summed E-state index contributed by atoms with van der Waals surface area (Å²) in [5, 5.41) is 7.75. The first-order valence-electron chi connectivity index (χ1n) is 18.3. The molecule has 0 fully saturated rings. The Morgan fingerprint density at radius 1 is 0.365 bits per heavy atom. The van der Waals surface area contributed by atoms with Gasteiger partial charge in [-0.2, -0.15) is 0 Å². The number of hydrogen-bond donors (Lipinski definition) is 0. The van der Waals surface area contributed by atoms with Gasteiger partial charge in [0.15, 0.2) is 0 Å². The molecule has 244 valence electrons. The summed E-state index contributed by atoms with van der Waals surface area (Å²) >= 11 is 0. The number of nitrogens with zero attached hydrogens (tertiary/aromatic N) is 1. The monoisotopic (exact) mass is 661 g/mol. The van der Waals surface area contributed by atoms with Crippen molar-refractivity contribution in [3.8, 4) is 22.3 Å². The second kappa shape index (κ2) is 10.8. The van der Waals surface area contributed by atoms with Crippen molar-refractivity contribution in [2.45, 2.75) is 19.3 Å². The molecular weight excluding hydrogens is 627 g/mol. The standard InChI is InChI=1S/C51H35N/c1-32-19-24-36(25-20-32)52(37-26-21-33(2)22-27-37)38-28-23-34-30-45-48(31-35(34)29-38)51(46-17-9-7-13-41(46)42-14-8-10-18-47(42)51)50-44-16-6-4-12-40(44)39-11-3-5-15-43(39)49(45)50/h3-31H,1-2H3. The van der Waals surface area contributed by atoms with Crippen LogP contribution < -0.4 is 4.90 Å². The summed E-state index contributed by atoms with van der Waals surface area (Å²) < 4.78 is 0. The Hall–Kier alpha value is -6.44. The summed E-state index contributed by atoms with van der Waals surface area (Å²) in [4.78, 5) is 2.39. The molecular formula is C51H35N. The van der Waals surface area contributed by atoms with E-state index in [4.69, 9.17) is 0 Å². The van der Waals surface area contributed by atoms with Crippen LogP contribution in [0.3, 0.4) is 0 Å². The maximum Gasteiger partial charge on any atom is 0.0731 e. The first-order chi connectivity index (χ1) is 25.6. The Balaban J connectivity index is 1.26. The van der Waals surface area contributed by atoms with Gasteiger partial charge in [0.05, 0.1) is 5.41 Å². The van der Waals surface area contributed by atoms with Crippen LogP contribution in [0.2, 0.25) is 0 Å². The predicted octanol–water partition coefficient (Wildman–Crippen LogP) is 13.6. The van der Waals surface area contributed by atoms with E-state index in [1.807, 2.05) is 0 Å². The second-order valence-corrected chi connectivity index (χ2v) is 14.6. The summed E-state index contributed by atoms with van der Waals surface area (Å²) in [5.41, 5.74) is 16.3. The Labute approximate surface area is 304 Å². The minimum absolute atomic E-state index is 0.459. The van der Waals surface area contributed by atoms with E-state index in [1.54, 1.807) is 0 Å². The van der Waals surface area contributed by atoms with E-state index in [-0.39, 0.29) is 0 Å². The fourth-order valence-corrected chi connectivity index (χ4v) is 9.52. The molecule has 2 aliphatic carbocycles. The number of benzene rings is 9. The summed E-state index contributed by atoms with van der Waals surface area (Å²) in [6.07, 6.45) is 0. The van der Waals surface area contributed by atoms with Crippen molar-refractivity contribution in [2.24, 2.45) is 0 Å². The molecule has 0 heterocycles. The van der Waals surface area contributed by atoms with Crippen molar-refractivity contribution in [1.82, 2.24) is 0 Å². The van der Waals surface area contributed by atoms with E-state index < -0.39 is 5.41 Å². The number of fused-ring (bicyclic) bond motifs is 16. The van der Waals surface area contributed by atoms with Crippen molar-refractivity contribution in [3.63, 3.8) is 0 Å². The van der Waals surface area contributed by atoms with Crippen LogP contribution in [0.15, 0.2) is 176 Å². The molecule has 0 atom stereocenters. The summed E-state index contributed by atoms with van der Waals surface area (Å²) in [6.45, 7) is 4.30. The van der Waals surface area contributed by atoms with Gasteiger partial charge in [0.25, 0.3) is 0 Å². The molecule has 0 saturated heterocycles. The average molecular weight is 662 g/mol. The zero-order valence-corrected chi connectivity index (χ0v) is 29.2. The van der Waals surface area contributed by atoms with Crippen LogP contribution in [0, 0.1) is 13.8 Å². The van der Waals surface area contributed by atoms with Crippen LogP contribution >= 0.6 is 0 Å². The lowest BCUT2D eigenvalue weighted by Crippen LogP contribution is -2.26. The highest BCUT2D eigenvalue weighted by atomic mass is 15.1. The molecule has 0 saturated carbocycles. The fraction of sp³-hybridized carbons (Fsp3) is 0.0588. The average Bonchev–Trinajstić information content (AvgIpc) is 3.66. The normalized spacial score (nSPS) is 13.3. The van der Waals surface area contributed by atoms with Gasteiger partial charge in [-0.25, -0.2) is 0 Å². The third kappa shape index (κ3) is 3.88. The SMILES string of the molecule is Cc1ccc(N(c2ccc(C)cc2)c2ccc3cc4c(cc3c2)C2(c3ccccc3-c3ccccc32)c2c-4c3ccccc3c3ccccc23)cc1. The van der Waals surface area contributed by atoms with Crippen molar-refractivity contribution < 1.29 is 0 Å². The van der Waals surface area contributed by atoms with E-state index in [0.29, 0.717) is 0 Å². The van der Waals surface area contributed by atoms with Crippen LogP contribution in [0.25, 0.3) is 54.6 Å². The van der Waals surface area contributed by atoms with Gasteiger partial charge in [0, 0.05) is 17.1 Å². The molecule has 9 aromatic rings. The summed E-state index contributed by atoms with van der Waals surface area (Å²) in [5.74, 6) is 0. The Morgan fingerprint density at radius 3 is 1.48 bits per heavy atom. The zero-order valence-electron chi connectivity index (χ0n) is 29.2. The molecule has 0 amide bonds. The lowest BCUT2D eigenvalue weighted by atomic mass is 9.69. The molecule has 1 spiro atoms. The van der Waals surface area contributed by atoms with E-state index in [1.165, 1.54) is 88.0 Å². The fourth-order valence-electron chi connectivity index (χ4n) is 9.52. The smallest absolute Gasteiger partial charge is 0.0731 e. The van der Waals surface area contributed by atoms with Crippen LogP contribution in [-0.2, 0) is 5.41 Å². The quantitative estimate of drug-likeness (QED) is 0.170. The summed E-state index contributed by atoms with van der Waals surface area (Å²) in [6, 6.07) is 66.1. The maximum atomic E-state index is 2.53. The number of anilines is 3. The van der Waals surface area contributed by atoms with Gasteiger partial charge in [-0.3, -0.25) is 0 Å². The van der Waals surface area contributed by atoms with Crippen LogP contribution in [0.1, 0.15) is 33.4 Å². The molecule has 9 aromatic carbocycles. The van der Waals surface area contributed by atoms with Crippen molar-refractivity contribution >= 4 is 49.4 Å². The predicted molar refractivity (Wildman–Crippen MR) is 219 cm³/mol. The summed E-state index contributed by atoms with van der Waals surface area (Å²) in [7, 11) is 0. The van der Waals surface area contributed by atoms with Gasteiger partial charge in [-0.05, 0) is 139 Å². The van der Waals surface area contributed by atoms with Crippen LogP contribution in [0.5, 0.6) is 0 Å². The Kier molecular flexibility index (Phi) is 6.08. The molecule has 11 rings (SSSR count). The lowest BCUT2D eigenvalue weighted by Gasteiger charge is -2.32. The molecule has 0 bridgehead atoms. The molecule has 52 heavy (non-hydrogen) atoms. The molecule has 0 unspecified atom stereocenters. The largest absolute Gasteiger partial charge is 0.310 e. The van der Waals surface area contributed by atoms with Crippen LogP contribution in [-0.4, -0.2) is 0 Å². The van der Waals surface area contributed by atoms with Crippen LogP contribution in [0.4, 0.5) is 17.1 Å². The Bertz CT molecular complexity index is 2820. The Morgan fingerprint density at radius 2 is 0.865 bits per heavy atom. The third-order valence-electron chi connectivity index (χ3n) is 11.7. The lowest BCUT2D eigenvalue weighted by molar-refractivity contribution is 0.803. The molecule has 0 N–H and O–H groups in total. The minimum Gasteiger partial charge on any atom is -0.310 e. The molecule has 1 nitrogen and oxygen atoms in total. The first kappa shape index (κ1) is 29.3. The highest BCUT2D eigenvalue weighted by Gasteiger charge is 2.53. The van der Waals surface area contributed by atoms with Gasteiger partial charge in [0.1, 0.15) is 0 Å². The van der Waals surface area contributed by atoms with E-state index >= 15 is 0 Å². The van der Waals surface area contributed by atoms with Crippen molar-refractivity contribution in [2.75, 3.05) is 4.90 Å². The van der Waals surface area contributed by atoms with E-state index in [2.05, 4.69) is 195 Å². The number of hydrogen-bond acceptors (Lipinski definition) is 1. The van der Waals surface area contributed by atoms with Gasteiger partial charge in [0.2, 0.25) is 0 Å². The topological polar surface area (TPSA) is 3.24 Å². The molecule has 1 heteroatoms. The van der Waals surface area contributed by atoms with Crippen molar-refractivity contribution in [3.05, 3.63) is 209 Å². The van der Waals surface area contributed by atoms with Gasteiger partial charge in [-0.1, -0.05) is 139 Å². The molecule has 0 radical (unpaired) electrons. The third-order valence-corrected chi connectivity index (χ3v) is 11.7. The van der Waals surface area contributed by atoms with Gasteiger partial charge in [-0.15, -0.1) is 0 Å². The molecule has 0 aromatic heterocycles. The molecule has 2 aliphatic rings. The minimum atomic E-state index is -0.459. The second-order valence-electron chi connectivity index (χ2n) is 14.6. The first-order valence-corrected chi connectivity index (χ1v) is 18.3. The highest BCUT2D eigenvalue weighted by Crippen LogP contribution is 2.65. The van der Waals surface area contributed by atoms with E-state index in [0.717, 1.165) is 17.1 Å². The maximum absolute atomic E-state index is 2.53. The van der Waals surface area contributed by atoms with Crippen molar-refractivity contribution in [1.29, 1.82) is 0 Å². The van der Waals surface area contributed by atoms with Gasteiger partial charge < -0.3 is 4.90 Å².